The molecule has 4 nitrogen and oxygen atoms in total. The summed E-state index contributed by atoms with van der Waals surface area (Å²) in [5.41, 5.74) is 0.872. The number of anilines is 1. The number of pyridine rings is 1. The van der Waals surface area contributed by atoms with Crippen LogP contribution < -0.4 is 10.6 Å². The Hall–Kier alpha value is -2.10. The van der Waals surface area contributed by atoms with Crippen molar-refractivity contribution < 1.29 is 4.79 Å². The minimum Gasteiger partial charge on any atom is -0.338 e. The van der Waals surface area contributed by atoms with Crippen LogP contribution in [0.1, 0.15) is 6.92 Å². The van der Waals surface area contributed by atoms with Gasteiger partial charge >= 0.3 is 6.03 Å². The molecule has 0 aliphatic heterocycles. The lowest BCUT2D eigenvalue weighted by molar-refractivity contribution is 0.252. The van der Waals surface area contributed by atoms with Gasteiger partial charge in [-0.3, -0.25) is 5.32 Å². The lowest BCUT2D eigenvalue weighted by Crippen LogP contribution is -2.28. The number of rotatable bonds is 2. The molecule has 4 heteroatoms. The van der Waals surface area contributed by atoms with Crippen LogP contribution in [-0.4, -0.2) is 17.6 Å². The first-order valence-electron chi connectivity index (χ1n) is 5.20. The second kappa shape index (κ2) is 4.61. The molecule has 0 aliphatic rings. The van der Waals surface area contributed by atoms with Gasteiger partial charge in [0, 0.05) is 11.9 Å². The maximum atomic E-state index is 11.3. The van der Waals surface area contributed by atoms with Gasteiger partial charge in [-0.1, -0.05) is 18.2 Å². The monoisotopic (exact) mass is 215 g/mol. The van der Waals surface area contributed by atoms with Gasteiger partial charge in [-0.2, -0.15) is 0 Å². The number of fused-ring (bicyclic) bond motifs is 1. The lowest BCUT2D eigenvalue weighted by atomic mass is 10.2. The zero-order valence-electron chi connectivity index (χ0n) is 9.03. The highest BCUT2D eigenvalue weighted by atomic mass is 16.2. The topological polar surface area (TPSA) is 54.0 Å². The molecule has 16 heavy (non-hydrogen) atoms. The minimum atomic E-state index is -0.231. The molecule has 1 aromatic carbocycles. The van der Waals surface area contributed by atoms with Gasteiger partial charge in [0.2, 0.25) is 0 Å². The summed E-state index contributed by atoms with van der Waals surface area (Å²) in [5, 5.41) is 6.39. The maximum Gasteiger partial charge on any atom is 0.320 e. The zero-order chi connectivity index (χ0) is 11.4. The summed E-state index contributed by atoms with van der Waals surface area (Å²) < 4.78 is 0. The van der Waals surface area contributed by atoms with E-state index >= 15 is 0 Å². The van der Waals surface area contributed by atoms with Gasteiger partial charge in [0.25, 0.3) is 0 Å². The van der Waals surface area contributed by atoms with Crippen molar-refractivity contribution in [3.63, 3.8) is 0 Å². The van der Waals surface area contributed by atoms with Crippen molar-refractivity contribution in [3.8, 4) is 0 Å². The van der Waals surface area contributed by atoms with Crippen molar-refractivity contribution in [2.75, 3.05) is 11.9 Å². The first kappa shape index (κ1) is 10.4. The predicted molar refractivity (Wildman–Crippen MR) is 64.4 cm³/mol. The third-order valence-corrected chi connectivity index (χ3v) is 2.18. The molecule has 0 spiro atoms. The number of hydrogen-bond donors (Lipinski definition) is 2. The van der Waals surface area contributed by atoms with Crippen molar-refractivity contribution in [2.45, 2.75) is 6.92 Å². The Morgan fingerprint density at radius 2 is 2.06 bits per heavy atom. The van der Waals surface area contributed by atoms with Crippen LogP contribution in [-0.2, 0) is 0 Å². The van der Waals surface area contributed by atoms with Gasteiger partial charge in [0.1, 0.15) is 5.82 Å². The first-order valence-corrected chi connectivity index (χ1v) is 5.20. The highest BCUT2D eigenvalue weighted by Crippen LogP contribution is 2.14. The summed E-state index contributed by atoms with van der Waals surface area (Å²) >= 11 is 0. The van der Waals surface area contributed by atoms with Crippen LogP contribution in [0, 0.1) is 0 Å². The number of para-hydroxylation sites is 1. The molecule has 2 amide bonds. The third-order valence-electron chi connectivity index (χ3n) is 2.18. The van der Waals surface area contributed by atoms with Crippen molar-refractivity contribution in [1.82, 2.24) is 10.3 Å². The van der Waals surface area contributed by atoms with Crippen molar-refractivity contribution in [1.29, 1.82) is 0 Å². The second-order valence-electron chi connectivity index (χ2n) is 3.37. The molecule has 0 atom stereocenters. The molecule has 0 fully saturated rings. The Bertz CT molecular complexity index is 510. The van der Waals surface area contributed by atoms with E-state index < -0.39 is 0 Å². The molecule has 0 radical (unpaired) electrons. The Morgan fingerprint density at radius 1 is 1.25 bits per heavy atom. The number of carbonyl (C=O) groups excluding carboxylic acids is 1. The number of nitrogens with one attached hydrogen (secondary N) is 2. The molecular formula is C12H13N3O. The summed E-state index contributed by atoms with van der Waals surface area (Å²) in [6.45, 7) is 2.47. The molecule has 0 aliphatic carbocycles. The fourth-order valence-corrected chi connectivity index (χ4v) is 1.46. The standard InChI is InChI=1S/C12H13N3O/c1-2-13-12(16)15-11-8-7-9-5-3-4-6-10(9)14-11/h3-8H,2H2,1H3,(H2,13,14,15,16). The van der Waals surface area contributed by atoms with Crippen molar-refractivity contribution >= 4 is 22.8 Å². The number of aromatic nitrogens is 1. The zero-order valence-corrected chi connectivity index (χ0v) is 9.03. The van der Waals surface area contributed by atoms with Gasteiger partial charge in [-0.05, 0) is 25.1 Å². The quantitative estimate of drug-likeness (QED) is 0.808. The van der Waals surface area contributed by atoms with Crippen LogP contribution in [0.4, 0.5) is 10.6 Å². The van der Waals surface area contributed by atoms with E-state index in [-0.39, 0.29) is 6.03 Å². The molecular weight excluding hydrogens is 202 g/mol. The van der Waals surface area contributed by atoms with E-state index in [1.165, 1.54) is 0 Å². The second-order valence-corrected chi connectivity index (χ2v) is 3.37. The molecule has 82 valence electrons. The maximum absolute atomic E-state index is 11.3. The minimum absolute atomic E-state index is 0.231. The number of urea groups is 1. The molecule has 0 saturated heterocycles. The van der Waals surface area contributed by atoms with Crippen LogP contribution in [0.3, 0.4) is 0 Å². The largest absolute Gasteiger partial charge is 0.338 e. The molecule has 2 N–H and O–H groups in total. The van der Waals surface area contributed by atoms with E-state index in [1.807, 2.05) is 37.3 Å². The summed E-state index contributed by atoms with van der Waals surface area (Å²) in [5.74, 6) is 0.560. The average molecular weight is 215 g/mol. The van der Waals surface area contributed by atoms with Crippen molar-refractivity contribution in [2.24, 2.45) is 0 Å². The predicted octanol–water partition coefficient (Wildman–Crippen LogP) is 2.38. The number of carbonyl (C=O) groups is 1. The van der Waals surface area contributed by atoms with E-state index in [9.17, 15) is 4.79 Å². The van der Waals surface area contributed by atoms with Gasteiger partial charge in [0.05, 0.1) is 5.52 Å². The number of benzene rings is 1. The fraction of sp³-hybridized carbons (Fsp3) is 0.167. The Morgan fingerprint density at radius 3 is 2.88 bits per heavy atom. The van der Waals surface area contributed by atoms with Crippen LogP contribution in [0.5, 0.6) is 0 Å². The van der Waals surface area contributed by atoms with Gasteiger partial charge in [-0.15, -0.1) is 0 Å². The Labute approximate surface area is 93.7 Å². The fourth-order valence-electron chi connectivity index (χ4n) is 1.46. The van der Waals surface area contributed by atoms with Crippen LogP contribution >= 0.6 is 0 Å². The number of hydrogen-bond acceptors (Lipinski definition) is 2. The van der Waals surface area contributed by atoms with Gasteiger partial charge in [-0.25, -0.2) is 9.78 Å². The molecule has 1 heterocycles. The molecule has 2 aromatic rings. The summed E-state index contributed by atoms with van der Waals surface area (Å²) in [6, 6.07) is 11.3. The first-order chi connectivity index (χ1) is 7.79. The number of amides is 2. The molecule has 0 saturated carbocycles. The van der Waals surface area contributed by atoms with E-state index in [1.54, 1.807) is 6.07 Å². The van der Waals surface area contributed by atoms with Gasteiger partial charge < -0.3 is 5.32 Å². The van der Waals surface area contributed by atoms with E-state index in [0.717, 1.165) is 10.9 Å². The summed E-state index contributed by atoms with van der Waals surface area (Å²) in [7, 11) is 0. The molecule has 0 bridgehead atoms. The van der Waals surface area contributed by atoms with Crippen molar-refractivity contribution in [3.05, 3.63) is 36.4 Å². The van der Waals surface area contributed by atoms with Crippen LogP contribution in [0.15, 0.2) is 36.4 Å². The lowest BCUT2D eigenvalue weighted by Gasteiger charge is -2.05. The highest BCUT2D eigenvalue weighted by Gasteiger charge is 2.01. The van der Waals surface area contributed by atoms with Crippen LogP contribution in [0.25, 0.3) is 10.9 Å². The van der Waals surface area contributed by atoms with E-state index in [0.29, 0.717) is 12.4 Å². The summed E-state index contributed by atoms with van der Waals surface area (Å²) in [4.78, 5) is 15.6. The molecule has 1 aromatic heterocycles. The molecule has 2 rings (SSSR count). The van der Waals surface area contributed by atoms with E-state index in [2.05, 4.69) is 15.6 Å². The Balaban J connectivity index is 2.22. The Kier molecular flexibility index (Phi) is 3.00. The highest BCUT2D eigenvalue weighted by molar-refractivity contribution is 5.90. The van der Waals surface area contributed by atoms with Crippen LogP contribution in [0.2, 0.25) is 0 Å². The smallest absolute Gasteiger partial charge is 0.320 e. The van der Waals surface area contributed by atoms with Gasteiger partial charge in [0.15, 0.2) is 0 Å². The van der Waals surface area contributed by atoms with E-state index in [4.69, 9.17) is 0 Å². The molecule has 0 unspecified atom stereocenters. The summed E-state index contributed by atoms with van der Waals surface area (Å²) in [6.07, 6.45) is 0. The third kappa shape index (κ3) is 2.28. The normalized spacial score (nSPS) is 10.1. The SMILES string of the molecule is CCNC(=O)Nc1ccc2ccccc2n1. The number of nitrogens with zero attached hydrogens (tertiary/aromatic N) is 1. The average Bonchev–Trinajstić information content (AvgIpc) is 2.29.